The molecule has 1 atom stereocenters. The first-order valence-corrected chi connectivity index (χ1v) is 16.0. The van der Waals surface area contributed by atoms with Crippen LogP contribution in [0.4, 0.5) is 0 Å². The van der Waals surface area contributed by atoms with E-state index in [1.807, 2.05) is 42.5 Å². The van der Waals surface area contributed by atoms with E-state index in [1.165, 1.54) is 24.0 Å². The van der Waals surface area contributed by atoms with Crippen molar-refractivity contribution in [3.63, 3.8) is 0 Å². The van der Waals surface area contributed by atoms with Crippen LogP contribution in [0.15, 0.2) is 103 Å². The van der Waals surface area contributed by atoms with Crippen molar-refractivity contribution >= 4 is 5.97 Å². The Kier molecular flexibility index (Phi) is 13.8. The molecule has 1 unspecified atom stereocenters. The van der Waals surface area contributed by atoms with Crippen molar-refractivity contribution in [2.75, 3.05) is 20.3 Å². The van der Waals surface area contributed by atoms with Crippen molar-refractivity contribution < 1.29 is 19.0 Å². The molecular weight excluding hydrogens is 546 g/mol. The lowest BCUT2D eigenvalue weighted by atomic mass is 9.96. The van der Waals surface area contributed by atoms with Crippen molar-refractivity contribution in [2.45, 2.75) is 70.9 Å². The average molecular weight is 594 g/mol. The van der Waals surface area contributed by atoms with E-state index >= 15 is 0 Å². The fourth-order valence-electron chi connectivity index (χ4n) is 5.31. The Morgan fingerprint density at radius 2 is 1.45 bits per heavy atom. The second-order valence-corrected chi connectivity index (χ2v) is 11.2. The molecule has 0 aliphatic carbocycles. The lowest BCUT2D eigenvalue weighted by Gasteiger charge is -2.22. The summed E-state index contributed by atoms with van der Waals surface area (Å²) in [6.45, 7) is 3.71. The molecule has 5 heteroatoms. The summed E-state index contributed by atoms with van der Waals surface area (Å²) in [7, 11) is 1.69. The molecule has 4 aromatic rings. The zero-order chi connectivity index (χ0) is 30.8. The summed E-state index contributed by atoms with van der Waals surface area (Å²) >= 11 is 0. The lowest BCUT2D eigenvalue weighted by molar-refractivity contribution is -0.145. The molecule has 0 amide bonds. The van der Waals surface area contributed by atoms with Crippen LogP contribution in [0.3, 0.4) is 0 Å². The summed E-state index contributed by atoms with van der Waals surface area (Å²) < 4.78 is 17.6. The van der Waals surface area contributed by atoms with Gasteiger partial charge in [-0.3, -0.25) is 4.79 Å². The third-order valence-corrected chi connectivity index (χ3v) is 7.81. The highest BCUT2D eigenvalue weighted by Gasteiger charge is 2.18. The molecule has 0 saturated carbocycles. The highest BCUT2D eigenvalue weighted by atomic mass is 16.5. The highest BCUT2D eigenvalue weighted by molar-refractivity contribution is 5.69. The van der Waals surface area contributed by atoms with Crippen LogP contribution in [-0.4, -0.2) is 26.2 Å². The molecule has 0 spiro atoms. The van der Waals surface area contributed by atoms with Crippen LogP contribution in [0, 0.1) is 0 Å². The Hall–Kier alpha value is -4.09. The zero-order valence-corrected chi connectivity index (χ0v) is 26.3. The van der Waals surface area contributed by atoms with Crippen LogP contribution in [0.2, 0.25) is 0 Å². The van der Waals surface area contributed by atoms with E-state index in [-0.39, 0.29) is 18.6 Å². The molecule has 1 N–H and O–H groups in total. The van der Waals surface area contributed by atoms with Crippen LogP contribution in [0.5, 0.6) is 11.5 Å². The minimum Gasteiger partial charge on any atom is -0.497 e. The number of rotatable bonds is 19. The molecule has 44 heavy (non-hydrogen) atoms. The Morgan fingerprint density at radius 3 is 2.18 bits per heavy atom. The first-order valence-electron chi connectivity index (χ1n) is 16.0. The number of benzene rings is 4. The molecule has 5 nitrogen and oxygen atoms in total. The van der Waals surface area contributed by atoms with Crippen molar-refractivity contribution in [1.29, 1.82) is 0 Å². The first kappa shape index (κ1) is 32.8. The topological polar surface area (TPSA) is 56.8 Å². The van der Waals surface area contributed by atoms with Gasteiger partial charge in [-0.25, -0.2) is 0 Å². The number of hydrogen-bond acceptors (Lipinski definition) is 5. The fraction of sp³-hybridized carbons (Fsp3) is 0.359. The SMILES string of the molecule is CCCCCCCC(=O)OCc1cc(C(NCCc2ccccc2)c2cccc(OC)c2)ccc1OCCc1ccccc1. The van der Waals surface area contributed by atoms with Crippen LogP contribution in [-0.2, 0) is 29.0 Å². The largest absolute Gasteiger partial charge is 0.497 e. The minimum atomic E-state index is -0.160. The summed E-state index contributed by atoms with van der Waals surface area (Å²) in [6.07, 6.45) is 7.63. The molecule has 0 heterocycles. The van der Waals surface area contributed by atoms with Crippen molar-refractivity contribution in [3.05, 3.63) is 131 Å². The van der Waals surface area contributed by atoms with Gasteiger partial charge in [0.1, 0.15) is 18.1 Å². The van der Waals surface area contributed by atoms with Gasteiger partial charge in [0.2, 0.25) is 0 Å². The Bertz CT molecular complexity index is 1390. The van der Waals surface area contributed by atoms with Crippen molar-refractivity contribution in [1.82, 2.24) is 5.32 Å². The number of methoxy groups -OCH3 is 1. The van der Waals surface area contributed by atoms with Crippen molar-refractivity contribution in [3.8, 4) is 11.5 Å². The summed E-state index contributed by atoms with van der Waals surface area (Å²) in [5.41, 5.74) is 5.56. The van der Waals surface area contributed by atoms with Gasteiger partial charge in [0.05, 0.1) is 19.8 Å². The maximum atomic E-state index is 12.7. The summed E-state index contributed by atoms with van der Waals surface area (Å²) in [5, 5.41) is 3.77. The van der Waals surface area contributed by atoms with Gasteiger partial charge in [-0.1, -0.05) is 111 Å². The quantitative estimate of drug-likeness (QED) is 0.0871. The van der Waals surface area contributed by atoms with Crippen LogP contribution in [0.1, 0.15) is 79.3 Å². The number of nitrogens with one attached hydrogen (secondary N) is 1. The Balaban J connectivity index is 1.53. The van der Waals surface area contributed by atoms with Gasteiger partial charge in [0.15, 0.2) is 0 Å². The molecule has 0 bridgehead atoms. The number of ether oxygens (including phenoxy) is 3. The molecule has 4 rings (SSSR count). The smallest absolute Gasteiger partial charge is 0.306 e. The highest BCUT2D eigenvalue weighted by Crippen LogP contribution is 2.30. The molecule has 4 aromatic carbocycles. The predicted molar refractivity (Wildman–Crippen MR) is 178 cm³/mol. The molecular formula is C39H47NO4. The third kappa shape index (κ3) is 10.9. The third-order valence-electron chi connectivity index (χ3n) is 7.81. The van der Waals surface area contributed by atoms with Gasteiger partial charge in [0, 0.05) is 24.9 Å². The van der Waals surface area contributed by atoms with Gasteiger partial charge in [0.25, 0.3) is 0 Å². The molecule has 0 aliphatic heterocycles. The van der Waals surface area contributed by atoms with Crippen LogP contribution in [0.25, 0.3) is 0 Å². The summed E-state index contributed by atoms with van der Waals surface area (Å²) in [6, 6.07) is 35.1. The van der Waals surface area contributed by atoms with E-state index in [2.05, 4.69) is 72.9 Å². The van der Waals surface area contributed by atoms with Crippen LogP contribution < -0.4 is 14.8 Å². The molecule has 0 saturated heterocycles. The maximum absolute atomic E-state index is 12.7. The lowest BCUT2D eigenvalue weighted by Crippen LogP contribution is -2.25. The number of esters is 1. The number of hydrogen-bond donors (Lipinski definition) is 1. The van der Waals surface area contributed by atoms with E-state index in [4.69, 9.17) is 14.2 Å². The summed E-state index contributed by atoms with van der Waals surface area (Å²) in [4.78, 5) is 12.7. The number of carbonyl (C=O) groups is 1. The van der Waals surface area contributed by atoms with E-state index in [9.17, 15) is 4.79 Å². The van der Waals surface area contributed by atoms with E-state index in [1.54, 1.807) is 7.11 Å². The normalized spacial score (nSPS) is 11.6. The molecule has 232 valence electrons. The zero-order valence-electron chi connectivity index (χ0n) is 26.3. The minimum absolute atomic E-state index is 0.0831. The number of carbonyl (C=O) groups excluding carboxylic acids is 1. The van der Waals surface area contributed by atoms with Crippen molar-refractivity contribution in [2.24, 2.45) is 0 Å². The average Bonchev–Trinajstić information content (AvgIpc) is 3.07. The Morgan fingerprint density at radius 1 is 0.750 bits per heavy atom. The van der Waals surface area contributed by atoms with Gasteiger partial charge >= 0.3 is 5.97 Å². The predicted octanol–water partition coefficient (Wildman–Crippen LogP) is 8.64. The monoisotopic (exact) mass is 593 g/mol. The van der Waals surface area contributed by atoms with Gasteiger partial charge in [-0.05, 0) is 59.4 Å². The fourth-order valence-corrected chi connectivity index (χ4v) is 5.31. The van der Waals surface area contributed by atoms with E-state index in [0.717, 1.165) is 66.8 Å². The second kappa shape index (κ2) is 18.5. The van der Waals surface area contributed by atoms with E-state index < -0.39 is 0 Å². The maximum Gasteiger partial charge on any atom is 0.306 e. The number of unbranched alkanes of at least 4 members (excludes halogenated alkanes) is 4. The standard InChI is InChI=1S/C39H47NO4/c1-3-4-5-6-13-21-38(41)44-30-35-28-34(22-23-37(35)43-27-25-32-17-11-8-12-18-32)39(33-19-14-20-36(29-33)42-2)40-26-24-31-15-9-7-10-16-31/h7-12,14-20,22-23,28-29,39-40H,3-6,13,21,24-27,30H2,1-2H3. The Labute approximate surface area is 263 Å². The molecule has 0 aliphatic rings. The van der Waals surface area contributed by atoms with E-state index in [0.29, 0.717) is 13.0 Å². The summed E-state index contributed by atoms with van der Waals surface area (Å²) in [5.74, 6) is 1.40. The molecule has 0 aromatic heterocycles. The second-order valence-electron chi connectivity index (χ2n) is 11.2. The first-order chi connectivity index (χ1) is 21.7. The molecule has 0 fully saturated rings. The van der Waals surface area contributed by atoms with Gasteiger partial charge < -0.3 is 19.5 Å². The van der Waals surface area contributed by atoms with Gasteiger partial charge in [-0.15, -0.1) is 0 Å². The van der Waals surface area contributed by atoms with Crippen LogP contribution >= 0.6 is 0 Å². The molecule has 0 radical (unpaired) electrons. The van der Waals surface area contributed by atoms with Gasteiger partial charge in [-0.2, -0.15) is 0 Å².